The number of imidazole rings is 2. The Balaban J connectivity index is 0.00000504. The minimum absolute atomic E-state index is 0. The van der Waals surface area contributed by atoms with Crippen molar-refractivity contribution in [1.29, 1.82) is 0 Å². The van der Waals surface area contributed by atoms with E-state index in [2.05, 4.69) is 50.0 Å². The number of methoxy groups -OCH3 is 2. The predicted molar refractivity (Wildman–Crippen MR) is 187 cm³/mol. The van der Waals surface area contributed by atoms with Gasteiger partial charge in [0, 0.05) is 36.6 Å². The summed E-state index contributed by atoms with van der Waals surface area (Å²) < 4.78 is 9.25. The van der Waals surface area contributed by atoms with Crippen molar-refractivity contribution in [2.75, 3.05) is 27.3 Å². The van der Waals surface area contributed by atoms with Gasteiger partial charge < -0.3 is 39.9 Å². The minimum Gasteiger partial charge on any atom is -0.453 e. The molecule has 1 aromatic carbocycles. The minimum atomic E-state index is -0.724. The maximum Gasteiger partial charge on any atom is 0.407 e. The van der Waals surface area contributed by atoms with Crippen LogP contribution in [0, 0.1) is 0 Å². The summed E-state index contributed by atoms with van der Waals surface area (Å²) in [7, 11) is 2.52. The first-order valence-corrected chi connectivity index (χ1v) is 16.5. The van der Waals surface area contributed by atoms with E-state index in [9.17, 15) is 19.2 Å². The zero-order valence-corrected chi connectivity index (χ0v) is 28.3. The molecule has 4 N–H and O–H groups in total. The normalized spacial score (nSPS) is 18.0. The van der Waals surface area contributed by atoms with Crippen molar-refractivity contribution in [2.45, 2.75) is 71.1 Å². The van der Waals surface area contributed by atoms with Gasteiger partial charge in [0.25, 0.3) is 0 Å². The van der Waals surface area contributed by atoms with Gasteiger partial charge in [0.15, 0.2) is 5.82 Å². The molecule has 5 heterocycles. The van der Waals surface area contributed by atoms with E-state index in [4.69, 9.17) is 0 Å². The van der Waals surface area contributed by atoms with E-state index in [-0.39, 0.29) is 31.3 Å². The van der Waals surface area contributed by atoms with E-state index < -0.39 is 24.3 Å². The Labute approximate surface area is 295 Å². The molecule has 16 nitrogen and oxygen atoms in total. The fraction of sp³-hybridized carbons (Fsp3) is 0.429. The molecule has 0 aliphatic carbocycles. The van der Waals surface area contributed by atoms with E-state index in [1.54, 1.807) is 48.4 Å². The molecule has 3 aromatic heterocycles. The number of benzene rings is 1. The van der Waals surface area contributed by atoms with Gasteiger partial charge in [-0.15, -0.1) is 0 Å². The number of carbonyl (C=O) groups excluding carboxylic acids is 4. The topological polar surface area (TPSA) is 200 Å². The molecule has 0 radical (unpaired) electrons. The van der Waals surface area contributed by atoms with Gasteiger partial charge in [-0.2, -0.15) is 0 Å². The molecular weight excluding hydrogens is 656 g/mol. The number of nitrogens with zero attached hydrogens (tertiary/aromatic N) is 6. The van der Waals surface area contributed by atoms with Crippen LogP contribution in [0.25, 0.3) is 33.9 Å². The number of likely N-dealkylation sites (tertiary alicyclic amines) is 2. The molecule has 4 atom stereocenters. The monoisotopic (exact) mass is 700 g/mol. The predicted octanol–water partition coefficient (Wildman–Crippen LogP) is 4.38. The number of hydrogen-bond donors (Lipinski definition) is 4. The third-order valence-corrected chi connectivity index (χ3v) is 9.09. The Morgan fingerprint density at radius 2 is 1.12 bits per heavy atom. The van der Waals surface area contributed by atoms with E-state index in [0.717, 1.165) is 53.8 Å². The van der Waals surface area contributed by atoms with Crippen molar-refractivity contribution in [1.82, 2.24) is 50.3 Å². The zero-order chi connectivity index (χ0) is 35.4. The third-order valence-electron chi connectivity index (χ3n) is 9.09. The van der Waals surface area contributed by atoms with Crippen molar-refractivity contribution in [3.8, 4) is 33.9 Å². The largest absolute Gasteiger partial charge is 0.453 e. The van der Waals surface area contributed by atoms with Crippen LogP contribution in [0.4, 0.5) is 9.59 Å². The van der Waals surface area contributed by atoms with E-state index in [1.165, 1.54) is 14.2 Å². The summed E-state index contributed by atoms with van der Waals surface area (Å²) >= 11 is 0. The number of amides is 4. The lowest BCUT2D eigenvalue weighted by Gasteiger charge is -2.26. The first kappa shape index (κ1) is 36.5. The van der Waals surface area contributed by atoms with Crippen molar-refractivity contribution in [2.24, 2.45) is 0 Å². The third kappa shape index (κ3) is 7.84. The summed E-state index contributed by atoms with van der Waals surface area (Å²) in [5.41, 5.74) is 4.05. The maximum atomic E-state index is 13.0. The molecule has 0 unspecified atom stereocenters. The number of H-pyrrole nitrogens is 2. The van der Waals surface area contributed by atoms with Crippen LogP contribution in [0.15, 0.2) is 49.1 Å². The van der Waals surface area contributed by atoms with Crippen LogP contribution in [-0.2, 0) is 19.1 Å². The van der Waals surface area contributed by atoms with Crippen LogP contribution in [0.2, 0.25) is 0 Å². The van der Waals surface area contributed by atoms with Crippen LogP contribution in [-0.4, -0.2) is 103 Å². The number of rotatable bonds is 9. The number of nitrogens with one attached hydrogen (secondary N) is 4. The summed E-state index contributed by atoms with van der Waals surface area (Å²) in [5.74, 6) is 1.52. The standard InChI is InChI=1S/C34H40N10O6.CH4/c1-19(39-33(47)49-3)31(45)43-13-5-7-26(43)29-37-17-24(41-29)21-9-11-22(12-10-21)28-35-15-23(16-36-28)25-18-38-30(42-25)27-8-6-14-44(27)32(46)20(2)40-34(48)50-4;/h9-12,15-20,26-27H,5-8,13-14H2,1-4H3,(H,37,41)(H,38,42)(H,39,47)(H,40,48);1H4/t19-,20-,26-,27-;/m0./s1. The summed E-state index contributed by atoms with van der Waals surface area (Å²) in [6, 6.07) is 5.90. The molecule has 0 bridgehead atoms. The number of aromatic amines is 2. The smallest absolute Gasteiger partial charge is 0.407 e. The highest BCUT2D eigenvalue weighted by Crippen LogP contribution is 2.34. The van der Waals surface area contributed by atoms with Gasteiger partial charge in [0.05, 0.1) is 50.1 Å². The molecule has 0 spiro atoms. The highest BCUT2D eigenvalue weighted by atomic mass is 16.5. The lowest BCUT2D eigenvalue weighted by Crippen LogP contribution is -2.46. The molecule has 51 heavy (non-hydrogen) atoms. The van der Waals surface area contributed by atoms with Gasteiger partial charge in [-0.3, -0.25) is 9.59 Å². The Hall–Kier alpha value is -5.80. The Morgan fingerprint density at radius 1 is 0.686 bits per heavy atom. The van der Waals surface area contributed by atoms with Crippen LogP contribution < -0.4 is 10.6 Å². The lowest BCUT2D eigenvalue weighted by atomic mass is 10.1. The fourth-order valence-corrected chi connectivity index (χ4v) is 6.44. The van der Waals surface area contributed by atoms with Gasteiger partial charge in [0.1, 0.15) is 23.7 Å². The summed E-state index contributed by atoms with van der Waals surface area (Å²) in [5, 5.41) is 5.08. The number of aromatic nitrogens is 6. The molecular formula is C35H44N10O6. The Morgan fingerprint density at radius 3 is 1.57 bits per heavy atom. The molecule has 4 aromatic rings. The molecule has 2 saturated heterocycles. The second kappa shape index (κ2) is 15.8. The zero-order valence-electron chi connectivity index (χ0n) is 28.3. The average Bonchev–Trinajstić information content (AvgIpc) is 3.97. The Bertz CT molecular complexity index is 1710. The molecule has 4 amide bonds. The molecule has 270 valence electrons. The molecule has 16 heteroatoms. The second-order valence-corrected chi connectivity index (χ2v) is 12.3. The van der Waals surface area contributed by atoms with Gasteiger partial charge in [0.2, 0.25) is 11.8 Å². The summed E-state index contributed by atoms with van der Waals surface area (Å²) in [6.07, 6.45) is 8.80. The second-order valence-electron chi connectivity index (χ2n) is 12.3. The fourth-order valence-electron chi connectivity index (χ4n) is 6.44. The van der Waals surface area contributed by atoms with Gasteiger partial charge >= 0.3 is 12.2 Å². The van der Waals surface area contributed by atoms with Crippen LogP contribution in [0.3, 0.4) is 0 Å². The van der Waals surface area contributed by atoms with Crippen LogP contribution in [0.1, 0.15) is 70.7 Å². The highest BCUT2D eigenvalue weighted by Gasteiger charge is 2.36. The van der Waals surface area contributed by atoms with Crippen LogP contribution in [0.5, 0.6) is 0 Å². The van der Waals surface area contributed by atoms with Crippen molar-refractivity contribution in [3.63, 3.8) is 0 Å². The number of ether oxygens (including phenoxy) is 2. The molecule has 2 aliphatic heterocycles. The highest BCUT2D eigenvalue weighted by molar-refractivity contribution is 5.86. The molecule has 2 fully saturated rings. The molecule has 6 rings (SSSR count). The van der Waals surface area contributed by atoms with Gasteiger partial charge in [-0.05, 0) is 45.1 Å². The first-order chi connectivity index (χ1) is 24.2. The molecule has 0 saturated carbocycles. The summed E-state index contributed by atoms with van der Waals surface area (Å²) in [6.45, 7) is 4.43. The maximum absolute atomic E-state index is 13.0. The van der Waals surface area contributed by atoms with Crippen molar-refractivity contribution >= 4 is 24.0 Å². The SMILES string of the molecule is C.COC(=O)N[C@@H](C)C(=O)N1CCC[C@H]1c1ncc(-c2ccc(-c3ncc(-c4cnc([C@@H]5CCCN5C(=O)[C@H](C)NC(=O)OC)[nH]4)cn3)cc2)[nH]1. The van der Waals surface area contributed by atoms with E-state index in [0.29, 0.717) is 30.6 Å². The lowest BCUT2D eigenvalue weighted by molar-refractivity contribution is -0.134. The van der Waals surface area contributed by atoms with Crippen molar-refractivity contribution in [3.05, 3.63) is 60.7 Å². The van der Waals surface area contributed by atoms with E-state index >= 15 is 0 Å². The average molecular weight is 701 g/mol. The van der Waals surface area contributed by atoms with E-state index in [1.807, 2.05) is 24.3 Å². The number of hydrogen-bond acceptors (Lipinski definition) is 10. The quantitative estimate of drug-likeness (QED) is 0.194. The van der Waals surface area contributed by atoms with Crippen molar-refractivity contribution < 1.29 is 28.7 Å². The number of alkyl carbamates (subject to hydrolysis) is 2. The summed E-state index contributed by atoms with van der Waals surface area (Å²) in [4.78, 5) is 77.8. The van der Waals surface area contributed by atoms with Gasteiger partial charge in [-0.1, -0.05) is 31.7 Å². The van der Waals surface area contributed by atoms with Crippen LogP contribution >= 0.6 is 0 Å². The Kier molecular flexibility index (Phi) is 11.3. The molecule has 2 aliphatic rings. The van der Waals surface area contributed by atoms with Gasteiger partial charge in [-0.25, -0.2) is 29.5 Å². The number of carbonyl (C=O) groups is 4. The first-order valence-electron chi connectivity index (χ1n) is 16.5.